The minimum atomic E-state index is -0.502. The molecular weight excluding hydrogens is 263 g/mol. The van der Waals surface area contributed by atoms with E-state index in [9.17, 15) is 14.5 Å². The molecule has 0 aromatic heterocycles. The van der Waals surface area contributed by atoms with Gasteiger partial charge in [-0.1, -0.05) is 0 Å². The van der Waals surface area contributed by atoms with Crippen LogP contribution in [0.2, 0.25) is 0 Å². The van der Waals surface area contributed by atoms with Crippen LogP contribution in [0.15, 0.2) is 18.2 Å². The largest absolute Gasteiger partial charge is 0.379 e. The zero-order valence-corrected chi connectivity index (χ0v) is 11.3. The van der Waals surface area contributed by atoms with Crippen LogP contribution >= 0.6 is 0 Å². The van der Waals surface area contributed by atoms with Gasteiger partial charge in [0.05, 0.1) is 4.92 Å². The quantitative estimate of drug-likeness (QED) is 0.469. The zero-order chi connectivity index (χ0) is 14.4. The third kappa shape index (κ3) is 4.14. The lowest BCUT2D eigenvalue weighted by Crippen LogP contribution is -2.44. The number of hydrogen-bond donors (Lipinski definition) is 2. The number of rotatable bonds is 6. The van der Waals surface area contributed by atoms with Crippen molar-refractivity contribution in [2.24, 2.45) is 0 Å². The zero-order valence-electron chi connectivity index (χ0n) is 11.3. The maximum absolute atomic E-state index is 13.1. The van der Waals surface area contributed by atoms with Crippen molar-refractivity contribution >= 4 is 11.4 Å². The molecule has 0 atom stereocenters. The Hall–Kier alpha value is -1.73. The number of nitrogens with zero attached hydrogens (tertiary/aromatic N) is 2. The van der Waals surface area contributed by atoms with E-state index < -0.39 is 10.7 Å². The van der Waals surface area contributed by atoms with Crippen LogP contribution in [-0.4, -0.2) is 49.1 Å². The average Bonchev–Trinajstić information content (AvgIpc) is 2.44. The predicted octanol–water partition coefficient (Wildman–Crippen LogP) is 1.44. The first kappa shape index (κ1) is 14.7. The molecule has 6 nitrogen and oxygen atoms in total. The van der Waals surface area contributed by atoms with Gasteiger partial charge in [0.15, 0.2) is 0 Å². The first-order chi connectivity index (χ1) is 9.66. The van der Waals surface area contributed by atoms with Gasteiger partial charge in [0.25, 0.3) is 5.69 Å². The highest BCUT2D eigenvalue weighted by Crippen LogP contribution is 2.24. The summed E-state index contributed by atoms with van der Waals surface area (Å²) in [5, 5.41) is 17.1. The Labute approximate surface area is 117 Å². The second-order valence-electron chi connectivity index (χ2n) is 4.79. The molecule has 0 bridgehead atoms. The molecule has 2 N–H and O–H groups in total. The summed E-state index contributed by atoms with van der Waals surface area (Å²) in [6.45, 7) is 5.60. The Morgan fingerprint density at radius 3 is 2.85 bits per heavy atom. The van der Waals surface area contributed by atoms with Crippen LogP contribution in [0.25, 0.3) is 0 Å². The smallest absolute Gasteiger partial charge is 0.292 e. The van der Waals surface area contributed by atoms with E-state index in [2.05, 4.69) is 15.5 Å². The summed E-state index contributed by atoms with van der Waals surface area (Å²) in [7, 11) is 0. The normalized spacial score (nSPS) is 16.1. The summed E-state index contributed by atoms with van der Waals surface area (Å²) >= 11 is 0. The fourth-order valence-corrected chi connectivity index (χ4v) is 2.27. The van der Waals surface area contributed by atoms with E-state index in [1.165, 1.54) is 12.1 Å². The van der Waals surface area contributed by atoms with Crippen LogP contribution in [-0.2, 0) is 0 Å². The summed E-state index contributed by atoms with van der Waals surface area (Å²) < 4.78 is 13.1. The van der Waals surface area contributed by atoms with E-state index in [1.807, 2.05) is 0 Å². The van der Waals surface area contributed by atoms with E-state index in [4.69, 9.17) is 0 Å². The first-order valence-corrected chi connectivity index (χ1v) is 6.78. The van der Waals surface area contributed by atoms with E-state index >= 15 is 0 Å². The van der Waals surface area contributed by atoms with Gasteiger partial charge in [-0.25, -0.2) is 4.39 Å². The lowest BCUT2D eigenvalue weighted by molar-refractivity contribution is -0.384. The van der Waals surface area contributed by atoms with Crippen molar-refractivity contribution in [2.45, 2.75) is 6.42 Å². The van der Waals surface area contributed by atoms with Gasteiger partial charge in [0.2, 0.25) is 0 Å². The number of nitro benzene ring substituents is 1. The van der Waals surface area contributed by atoms with E-state index in [0.29, 0.717) is 6.54 Å². The number of hydrogen-bond acceptors (Lipinski definition) is 5. The first-order valence-electron chi connectivity index (χ1n) is 6.78. The number of benzene rings is 1. The lowest BCUT2D eigenvalue weighted by atomic mass is 10.2. The van der Waals surface area contributed by atoms with Crippen LogP contribution in [0.1, 0.15) is 6.42 Å². The minimum absolute atomic E-state index is 0.0893. The molecule has 1 aliphatic rings. The van der Waals surface area contributed by atoms with E-state index in [0.717, 1.165) is 45.2 Å². The summed E-state index contributed by atoms with van der Waals surface area (Å²) in [5.74, 6) is -0.472. The van der Waals surface area contributed by atoms with Gasteiger partial charge in [-0.3, -0.25) is 10.1 Å². The molecule has 0 radical (unpaired) electrons. The van der Waals surface area contributed by atoms with Gasteiger partial charge >= 0.3 is 0 Å². The standard InChI is InChI=1S/C13H19FN4O2/c14-11-2-3-13(18(19)20)12(10-11)16-4-1-7-17-8-5-15-6-9-17/h2-3,10,15-16H,1,4-9H2. The number of anilines is 1. The Morgan fingerprint density at radius 2 is 2.15 bits per heavy atom. The van der Waals surface area contributed by atoms with Crippen LogP contribution in [0.3, 0.4) is 0 Å². The topological polar surface area (TPSA) is 70.4 Å². The van der Waals surface area contributed by atoms with Gasteiger partial charge in [0.1, 0.15) is 11.5 Å². The fourth-order valence-electron chi connectivity index (χ4n) is 2.27. The predicted molar refractivity (Wildman–Crippen MR) is 75.5 cm³/mol. The second-order valence-corrected chi connectivity index (χ2v) is 4.79. The van der Waals surface area contributed by atoms with Gasteiger partial charge in [0, 0.05) is 44.9 Å². The maximum atomic E-state index is 13.1. The van der Waals surface area contributed by atoms with Crippen LogP contribution < -0.4 is 10.6 Å². The molecule has 1 fully saturated rings. The molecule has 110 valence electrons. The summed E-state index contributed by atoms with van der Waals surface area (Å²) in [5.41, 5.74) is 0.156. The second kappa shape index (κ2) is 7.16. The molecule has 7 heteroatoms. The van der Waals surface area contributed by atoms with Crippen molar-refractivity contribution in [3.8, 4) is 0 Å². The Morgan fingerprint density at radius 1 is 1.40 bits per heavy atom. The number of nitrogens with one attached hydrogen (secondary N) is 2. The lowest BCUT2D eigenvalue weighted by Gasteiger charge is -2.27. The average molecular weight is 282 g/mol. The van der Waals surface area contributed by atoms with E-state index in [1.54, 1.807) is 0 Å². The summed E-state index contributed by atoms with van der Waals surface area (Å²) in [4.78, 5) is 12.7. The molecule has 2 rings (SSSR count). The van der Waals surface area contributed by atoms with Crippen molar-refractivity contribution in [2.75, 3.05) is 44.6 Å². The Bertz CT molecular complexity index is 464. The molecule has 0 saturated carbocycles. The van der Waals surface area contributed by atoms with Crippen molar-refractivity contribution in [1.29, 1.82) is 0 Å². The highest BCUT2D eigenvalue weighted by atomic mass is 19.1. The van der Waals surface area contributed by atoms with Gasteiger partial charge in [-0.15, -0.1) is 0 Å². The number of nitro groups is 1. The molecule has 1 heterocycles. The molecule has 1 aromatic rings. The van der Waals surface area contributed by atoms with Gasteiger partial charge in [-0.05, 0) is 19.0 Å². The summed E-state index contributed by atoms with van der Waals surface area (Å²) in [6, 6.07) is 3.46. The van der Waals surface area contributed by atoms with Crippen molar-refractivity contribution < 1.29 is 9.31 Å². The Kier molecular flexibility index (Phi) is 5.25. The monoisotopic (exact) mass is 282 g/mol. The van der Waals surface area contributed by atoms with Crippen molar-refractivity contribution in [3.05, 3.63) is 34.1 Å². The third-order valence-corrected chi connectivity index (χ3v) is 3.33. The van der Waals surface area contributed by atoms with Crippen LogP contribution in [0.5, 0.6) is 0 Å². The van der Waals surface area contributed by atoms with Crippen LogP contribution in [0, 0.1) is 15.9 Å². The molecule has 20 heavy (non-hydrogen) atoms. The van der Waals surface area contributed by atoms with Gasteiger partial charge in [-0.2, -0.15) is 0 Å². The van der Waals surface area contributed by atoms with Crippen molar-refractivity contribution in [3.63, 3.8) is 0 Å². The maximum Gasteiger partial charge on any atom is 0.292 e. The molecular formula is C13H19FN4O2. The molecule has 0 unspecified atom stereocenters. The SMILES string of the molecule is O=[N+]([O-])c1ccc(F)cc1NCCCN1CCNCC1. The molecule has 0 spiro atoms. The Balaban J connectivity index is 1.81. The third-order valence-electron chi connectivity index (χ3n) is 3.33. The molecule has 1 saturated heterocycles. The number of piperazine rings is 1. The van der Waals surface area contributed by atoms with Crippen molar-refractivity contribution in [1.82, 2.24) is 10.2 Å². The molecule has 0 amide bonds. The highest BCUT2D eigenvalue weighted by molar-refractivity contribution is 5.61. The highest BCUT2D eigenvalue weighted by Gasteiger charge is 2.14. The fraction of sp³-hybridized carbons (Fsp3) is 0.538. The number of halogens is 1. The molecule has 0 aliphatic carbocycles. The van der Waals surface area contributed by atoms with Gasteiger partial charge < -0.3 is 15.5 Å². The minimum Gasteiger partial charge on any atom is -0.379 e. The van der Waals surface area contributed by atoms with Crippen LogP contribution in [0.4, 0.5) is 15.8 Å². The molecule has 1 aromatic carbocycles. The summed E-state index contributed by atoms with van der Waals surface area (Å²) in [6.07, 6.45) is 0.869. The molecule has 1 aliphatic heterocycles. The van der Waals surface area contributed by atoms with E-state index in [-0.39, 0.29) is 11.4 Å².